The maximum atomic E-state index is 15.0. The fourth-order valence-electron chi connectivity index (χ4n) is 3.01. The number of carboxylic acid groups (broad SMARTS) is 1. The monoisotopic (exact) mass is 424 g/mol. The smallest absolute Gasteiger partial charge is 0.308 e. The molecule has 8 nitrogen and oxygen atoms in total. The Morgan fingerprint density at radius 2 is 2.03 bits per heavy atom. The number of anilines is 1. The van der Waals surface area contributed by atoms with Crippen molar-refractivity contribution in [1.82, 2.24) is 25.1 Å². The average Bonchev–Trinajstić information content (AvgIpc) is 3.12. The molecule has 158 valence electrons. The molecule has 0 saturated heterocycles. The number of nitrogens with one attached hydrogen (secondary N) is 2. The van der Waals surface area contributed by atoms with Crippen LogP contribution in [0.2, 0.25) is 0 Å². The largest absolute Gasteiger partial charge is 0.481 e. The molecule has 3 atom stereocenters. The van der Waals surface area contributed by atoms with E-state index >= 15 is 0 Å². The number of rotatable bonds is 6. The minimum Gasteiger partial charge on any atom is -0.481 e. The highest BCUT2D eigenvalue weighted by Gasteiger charge is 2.60. The Morgan fingerprint density at radius 3 is 2.67 bits per heavy atom. The Bertz CT molecular complexity index is 1150. The second kappa shape index (κ2) is 6.89. The van der Waals surface area contributed by atoms with Gasteiger partial charge in [0.25, 0.3) is 5.92 Å². The van der Waals surface area contributed by atoms with Crippen LogP contribution in [0.25, 0.3) is 22.6 Å². The van der Waals surface area contributed by atoms with E-state index in [1.165, 1.54) is 13.8 Å². The molecule has 0 spiro atoms. The number of aromatic amines is 1. The van der Waals surface area contributed by atoms with Gasteiger partial charge >= 0.3 is 5.97 Å². The van der Waals surface area contributed by atoms with Crippen LogP contribution in [-0.2, 0) is 4.79 Å². The van der Waals surface area contributed by atoms with E-state index in [-0.39, 0.29) is 22.6 Å². The summed E-state index contributed by atoms with van der Waals surface area (Å²) in [6.07, 6.45) is 0.386. The zero-order valence-electron chi connectivity index (χ0n) is 15.8. The van der Waals surface area contributed by atoms with Crippen molar-refractivity contribution in [3.63, 3.8) is 0 Å². The number of fused-ring (bicyclic) bond motifs is 1. The maximum absolute atomic E-state index is 15.0. The number of aliphatic carboxylic acids is 1. The highest BCUT2D eigenvalue weighted by molar-refractivity contribution is 5.88. The molecule has 1 fully saturated rings. The molecular weight excluding hydrogens is 408 g/mol. The Morgan fingerprint density at radius 1 is 1.33 bits per heavy atom. The van der Waals surface area contributed by atoms with Crippen LogP contribution in [0, 0.1) is 17.6 Å². The van der Waals surface area contributed by atoms with E-state index in [1.54, 1.807) is 0 Å². The summed E-state index contributed by atoms with van der Waals surface area (Å²) in [7, 11) is 0. The molecule has 30 heavy (non-hydrogen) atoms. The molecule has 0 amide bonds. The van der Waals surface area contributed by atoms with Gasteiger partial charge in [0.1, 0.15) is 11.5 Å². The Hall–Kier alpha value is -3.31. The molecule has 3 heterocycles. The molecule has 12 heteroatoms. The molecule has 3 aromatic rings. The average molecular weight is 424 g/mol. The quantitative estimate of drug-likeness (QED) is 0.520. The van der Waals surface area contributed by atoms with Crippen molar-refractivity contribution in [2.24, 2.45) is 5.92 Å². The van der Waals surface area contributed by atoms with Gasteiger partial charge in [-0.25, -0.2) is 32.5 Å². The number of nitrogens with zero attached hydrogens (tertiary/aromatic N) is 4. The van der Waals surface area contributed by atoms with E-state index in [1.807, 2.05) is 0 Å². The first kappa shape index (κ1) is 20.0. The molecule has 0 bridgehead atoms. The van der Waals surface area contributed by atoms with E-state index < -0.39 is 59.3 Å². The molecule has 0 aliphatic heterocycles. The van der Waals surface area contributed by atoms with Gasteiger partial charge in [-0.1, -0.05) is 0 Å². The molecule has 0 radical (unpaired) electrons. The van der Waals surface area contributed by atoms with Gasteiger partial charge in [-0.05, 0) is 19.9 Å². The summed E-state index contributed by atoms with van der Waals surface area (Å²) in [5.74, 6) is -8.95. The van der Waals surface area contributed by atoms with Crippen molar-refractivity contribution >= 4 is 22.8 Å². The summed E-state index contributed by atoms with van der Waals surface area (Å²) >= 11 is 0. The SMILES string of the molecule is C[C@H](Nc1nc(-c2[nH]nc3ncc(F)cc23)nc(C2CC2(F)F)c1F)[C@H](C)C(=O)O. The standard InChI is InChI=1S/C18H16F4N6O2/c1-6(17(29)30)7(2)24-15-11(20)13(10-4-18(10,21)22)25-16(26-15)12-9-3-8(19)5-23-14(9)28-27-12/h3,5-7,10H,4H2,1-2H3,(H,29,30)(H,23,27,28)(H,24,25,26)/t6-,7-,10?/m0/s1. The predicted octanol–water partition coefficient (Wildman–Crippen LogP) is 3.34. The van der Waals surface area contributed by atoms with E-state index in [0.29, 0.717) is 0 Å². The van der Waals surface area contributed by atoms with Crippen LogP contribution in [-0.4, -0.2) is 48.2 Å². The van der Waals surface area contributed by atoms with Crippen LogP contribution < -0.4 is 5.32 Å². The second-order valence-electron chi connectivity index (χ2n) is 7.30. The van der Waals surface area contributed by atoms with Crippen molar-refractivity contribution in [1.29, 1.82) is 0 Å². The molecule has 1 saturated carbocycles. The van der Waals surface area contributed by atoms with Gasteiger partial charge in [0.05, 0.1) is 29.1 Å². The normalized spacial score (nSPS) is 19.5. The third-order valence-electron chi connectivity index (χ3n) is 5.14. The maximum Gasteiger partial charge on any atom is 0.308 e. The first-order valence-corrected chi connectivity index (χ1v) is 9.03. The number of alkyl halides is 2. The van der Waals surface area contributed by atoms with Gasteiger partial charge < -0.3 is 10.4 Å². The zero-order valence-corrected chi connectivity index (χ0v) is 15.8. The van der Waals surface area contributed by atoms with Gasteiger partial charge in [0.2, 0.25) is 0 Å². The first-order chi connectivity index (χ1) is 14.1. The first-order valence-electron chi connectivity index (χ1n) is 9.03. The van der Waals surface area contributed by atoms with E-state index in [2.05, 4.69) is 30.5 Å². The molecule has 1 aliphatic carbocycles. The topological polar surface area (TPSA) is 117 Å². The van der Waals surface area contributed by atoms with Crippen LogP contribution in [0.4, 0.5) is 23.4 Å². The Balaban J connectivity index is 1.83. The number of H-pyrrole nitrogens is 1. The summed E-state index contributed by atoms with van der Waals surface area (Å²) in [5, 5.41) is 18.4. The Kier molecular flexibility index (Phi) is 4.59. The summed E-state index contributed by atoms with van der Waals surface area (Å²) in [5.41, 5.74) is -0.293. The summed E-state index contributed by atoms with van der Waals surface area (Å²) in [6, 6.07) is 0.339. The van der Waals surface area contributed by atoms with Crippen LogP contribution in [0.3, 0.4) is 0 Å². The third-order valence-corrected chi connectivity index (χ3v) is 5.14. The van der Waals surface area contributed by atoms with E-state index in [9.17, 15) is 22.4 Å². The fourth-order valence-corrected chi connectivity index (χ4v) is 3.01. The highest BCUT2D eigenvalue weighted by Crippen LogP contribution is 2.56. The molecule has 3 aromatic heterocycles. The fraction of sp³-hybridized carbons (Fsp3) is 0.389. The number of carbonyl (C=O) groups is 1. The van der Waals surface area contributed by atoms with Crippen molar-refractivity contribution in [3.05, 3.63) is 29.6 Å². The number of carboxylic acids is 1. The van der Waals surface area contributed by atoms with E-state index in [4.69, 9.17) is 5.11 Å². The molecule has 0 aromatic carbocycles. The number of hydrogen-bond donors (Lipinski definition) is 3. The van der Waals surface area contributed by atoms with Crippen molar-refractivity contribution in [3.8, 4) is 11.5 Å². The molecule has 4 rings (SSSR count). The van der Waals surface area contributed by atoms with E-state index in [0.717, 1.165) is 12.3 Å². The summed E-state index contributed by atoms with van der Waals surface area (Å²) in [6.45, 7) is 2.91. The minimum absolute atomic E-state index is 0.0733. The lowest BCUT2D eigenvalue weighted by Crippen LogP contribution is -2.30. The number of halogens is 4. The van der Waals surface area contributed by atoms with Gasteiger partial charge in [0.15, 0.2) is 23.1 Å². The Labute approximate surface area is 166 Å². The van der Waals surface area contributed by atoms with Crippen LogP contribution in [0.15, 0.2) is 12.3 Å². The molecule has 1 aliphatic rings. The number of hydrogen-bond acceptors (Lipinski definition) is 6. The molecular formula is C18H16F4N6O2. The van der Waals surface area contributed by atoms with Gasteiger partial charge in [-0.15, -0.1) is 0 Å². The molecule has 3 N–H and O–H groups in total. The van der Waals surface area contributed by atoms with Crippen LogP contribution in [0.1, 0.15) is 31.9 Å². The minimum atomic E-state index is -3.10. The molecule has 1 unspecified atom stereocenters. The van der Waals surface area contributed by atoms with Crippen molar-refractivity contribution in [2.75, 3.05) is 5.32 Å². The lowest BCUT2D eigenvalue weighted by atomic mass is 10.0. The lowest BCUT2D eigenvalue weighted by molar-refractivity contribution is -0.141. The second-order valence-corrected chi connectivity index (χ2v) is 7.30. The van der Waals surface area contributed by atoms with Gasteiger partial charge in [-0.3, -0.25) is 9.89 Å². The van der Waals surface area contributed by atoms with Crippen molar-refractivity contribution in [2.45, 2.75) is 38.2 Å². The predicted molar refractivity (Wildman–Crippen MR) is 97.0 cm³/mol. The highest BCUT2D eigenvalue weighted by atomic mass is 19.3. The lowest BCUT2D eigenvalue weighted by Gasteiger charge is -2.19. The van der Waals surface area contributed by atoms with Crippen LogP contribution >= 0.6 is 0 Å². The van der Waals surface area contributed by atoms with Crippen LogP contribution in [0.5, 0.6) is 0 Å². The third kappa shape index (κ3) is 3.42. The zero-order chi connectivity index (χ0) is 21.8. The van der Waals surface area contributed by atoms with Gasteiger partial charge in [-0.2, -0.15) is 5.10 Å². The summed E-state index contributed by atoms with van der Waals surface area (Å²) < 4.78 is 55.9. The van der Waals surface area contributed by atoms with Gasteiger partial charge in [0, 0.05) is 12.5 Å². The number of aromatic nitrogens is 5. The van der Waals surface area contributed by atoms with Crippen molar-refractivity contribution < 1.29 is 27.5 Å². The number of pyridine rings is 1. The summed E-state index contributed by atoms with van der Waals surface area (Å²) in [4.78, 5) is 23.0.